The second-order valence-electron chi connectivity index (χ2n) is 3.20. The van der Waals surface area contributed by atoms with E-state index >= 15 is 0 Å². The van der Waals surface area contributed by atoms with Crippen molar-refractivity contribution in [2.75, 3.05) is 19.9 Å². The summed E-state index contributed by atoms with van der Waals surface area (Å²) in [5, 5.41) is 15.9. The molecule has 0 aliphatic carbocycles. The maximum Gasteiger partial charge on any atom is 0.506 e. The molecule has 0 aromatic rings. The summed E-state index contributed by atoms with van der Waals surface area (Å²) >= 11 is 0. The molecule has 0 saturated heterocycles. The van der Waals surface area contributed by atoms with Crippen LogP contribution < -0.4 is 0 Å². The van der Waals surface area contributed by atoms with Gasteiger partial charge in [-0.15, -0.1) is 0 Å². The van der Waals surface area contributed by atoms with Crippen LogP contribution in [0.2, 0.25) is 0 Å². The highest BCUT2D eigenvalue weighted by molar-refractivity contribution is 5.57. The highest BCUT2D eigenvalue weighted by Crippen LogP contribution is 1.98. The molecule has 21 heavy (non-hydrogen) atoms. The first kappa shape index (κ1) is 21.1. The lowest BCUT2D eigenvalue weighted by atomic mass is 10.4. The van der Waals surface area contributed by atoms with Gasteiger partial charge in [-0.25, -0.2) is 18.4 Å². The minimum absolute atomic E-state index is 0.00463. The number of hydrogen-bond donors (Lipinski definition) is 2. The summed E-state index contributed by atoms with van der Waals surface area (Å²) in [4.78, 5) is 19.4. The topological polar surface area (TPSA) is 93.1 Å². The zero-order valence-electron chi connectivity index (χ0n) is 11.1. The summed E-state index contributed by atoms with van der Waals surface area (Å²) in [7, 11) is 0. The van der Waals surface area contributed by atoms with Crippen LogP contribution in [-0.2, 0) is 9.47 Å². The van der Waals surface area contributed by atoms with Gasteiger partial charge >= 0.3 is 12.3 Å². The number of halogens is 3. The SMILES string of the molecule is O=C(O)OCC=CCC(F)F.O=C(O)OCC=CCCF. The number of carboxylic acid groups (broad SMARTS) is 2. The molecule has 0 unspecified atom stereocenters. The Kier molecular flexibility index (Phi) is 16.0. The molecule has 0 rings (SSSR count). The Labute approximate surface area is 119 Å². The third kappa shape index (κ3) is 27.1. The van der Waals surface area contributed by atoms with E-state index in [9.17, 15) is 22.8 Å². The van der Waals surface area contributed by atoms with Crippen LogP contribution in [0, 0.1) is 0 Å². The van der Waals surface area contributed by atoms with Gasteiger partial charge in [0, 0.05) is 6.42 Å². The van der Waals surface area contributed by atoms with Crippen molar-refractivity contribution in [2.24, 2.45) is 0 Å². The van der Waals surface area contributed by atoms with E-state index in [1.54, 1.807) is 0 Å². The fraction of sp³-hybridized carbons (Fsp3) is 0.500. The lowest BCUT2D eigenvalue weighted by Crippen LogP contribution is -1.99. The molecule has 9 heteroatoms. The average Bonchev–Trinajstić information content (AvgIpc) is 2.38. The zero-order chi connectivity index (χ0) is 16.5. The molecule has 0 amide bonds. The fourth-order valence-corrected chi connectivity index (χ4v) is 0.755. The predicted molar refractivity (Wildman–Crippen MR) is 67.4 cm³/mol. The molecule has 122 valence electrons. The van der Waals surface area contributed by atoms with Crippen molar-refractivity contribution in [3.8, 4) is 0 Å². The summed E-state index contributed by atoms with van der Waals surface area (Å²) in [6.45, 7) is -0.610. The monoisotopic (exact) mass is 314 g/mol. The second-order valence-corrected chi connectivity index (χ2v) is 3.20. The quantitative estimate of drug-likeness (QED) is 0.526. The van der Waals surface area contributed by atoms with Crippen molar-refractivity contribution in [3.05, 3.63) is 24.3 Å². The largest absolute Gasteiger partial charge is 0.506 e. The maximum absolute atomic E-state index is 11.4. The Morgan fingerprint density at radius 3 is 1.81 bits per heavy atom. The molecule has 0 saturated carbocycles. The lowest BCUT2D eigenvalue weighted by Gasteiger charge is -1.92. The van der Waals surface area contributed by atoms with Crippen LogP contribution in [0.5, 0.6) is 0 Å². The minimum atomic E-state index is -2.39. The molecule has 0 bridgehead atoms. The molecular formula is C12H17F3O6. The van der Waals surface area contributed by atoms with Crippen LogP contribution in [-0.4, -0.2) is 48.8 Å². The van der Waals surface area contributed by atoms with E-state index in [4.69, 9.17) is 10.2 Å². The summed E-state index contributed by atoms with van der Waals surface area (Å²) in [6, 6.07) is 0. The van der Waals surface area contributed by atoms with Crippen molar-refractivity contribution < 1.29 is 42.4 Å². The highest BCUT2D eigenvalue weighted by Gasteiger charge is 1.96. The van der Waals surface area contributed by atoms with E-state index in [1.807, 2.05) is 0 Å². The normalized spacial score (nSPS) is 10.5. The van der Waals surface area contributed by atoms with E-state index in [-0.39, 0.29) is 19.6 Å². The smallest absolute Gasteiger partial charge is 0.450 e. The number of allylic oxidation sites excluding steroid dienone is 2. The van der Waals surface area contributed by atoms with Gasteiger partial charge < -0.3 is 19.7 Å². The van der Waals surface area contributed by atoms with Crippen LogP contribution >= 0.6 is 0 Å². The lowest BCUT2D eigenvalue weighted by molar-refractivity contribution is 0.100. The van der Waals surface area contributed by atoms with Crippen molar-refractivity contribution in [3.63, 3.8) is 0 Å². The van der Waals surface area contributed by atoms with Gasteiger partial charge in [0.05, 0.1) is 6.67 Å². The van der Waals surface area contributed by atoms with Gasteiger partial charge in [0.25, 0.3) is 0 Å². The second kappa shape index (κ2) is 15.9. The Bertz CT molecular complexity index is 331. The number of carbonyl (C=O) groups is 2. The average molecular weight is 314 g/mol. The summed E-state index contributed by atoms with van der Waals surface area (Å²) in [6.07, 6.45) is 0.226. The van der Waals surface area contributed by atoms with Gasteiger partial charge in [-0.3, -0.25) is 4.39 Å². The molecule has 0 aliphatic rings. The van der Waals surface area contributed by atoms with Gasteiger partial charge in [0.1, 0.15) is 13.2 Å². The number of hydrogen-bond acceptors (Lipinski definition) is 4. The molecule has 0 aromatic heterocycles. The third-order valence-electron chi connectivity index (χ3n) is 1.53. The Balaban J connectivity index is 0. The Morgan fingerprint density at radius 1 is 0.952 bits per heavy atom. The van der Waals surface area contributed by atoms with Crippen molar-refractivity contribution in [1.29, 1.82) is 0 Å². The Morgan fingerprint density at radius 2 is 1.43 bits per heavy atom. The fourth-order valence-electron chi connectivity index (χ4n) is 0.755. The molecule has 0 aromatic carbocycles. The van der Waals surface area contributed by atoms with Gasteiger partial charge in [-0.2, -0.15) is 0 Å². The standard InChI is InChI=1S/C6H8F2O3.C6H9FO3/c7-5(8)3-1-2-4-11-6(9)10;7-4-2-1-3-5-10-6(8)9/h1-2,5H,3-4H2,(H,9,10);1,3H,2,4-5H2,(H,8,9). The molecule has 0 radical (unpaired) electrons. The third-order valence-corrected chi connectivity index (χ3v) is 1.53. The van der Waals surface area contributed by atoms with Crippen LogP contribution in [0.3, 0.4) is 0 Å². The van der Waals surface area contributed by atoms with Crippen LogP contribution in [0.1, 0.15) is 12.8 Å². The number of alkyl halides is 3. The summed E-state index contributed by atoms with van der Waals surface area (Å²) < 4.78 is 42.3. The molecule has 0 atom stereocenters. The Hall–Kier alpha value is -2.19. The summed E-state index contributed by atoms with van der Waals surface area (Å²) in [5.41, 5.74) is 0. The van der Waals surface area contributed by atoms with Crippen LogP contribution in [0.15, 0.2) is 24.3 Å². The van der Waals surface area contributed by atoms with E-state index in [1.165, 1.54) is 24.3 Å². The maximum atomic E-state index is 11.4. The van der Waals surface area contributed by atoms with Gasteiger partial charge in [0.2, 0.25) is 6.43 Å². The van der Waals surface area contributed by atoms with Crippen LogP contribution in [0.25, 0.3) is 0 Å². The first-order chi connectivity index (χ1) is 9.90. The first-order valence-corrected chi connectivity index (χ1v) is 5.75. The molecule has 0 heterocycles. The molecule has 6 nitrogen and oxygen atoms in total. The van der Waals surface area contributed by atoms with Crippen molar-refractivity contribution in [1.82, 2.24) is 0 Å². The predicted octanol–water partition coefficient (Wildman–Crippen LogP) is 3.49. The van der Waals surface area contributed by atoms with Crippen LogP contribution in [0.4, 0.5) is 22.8 Å². The van der Waals surface area contributed by atoms with Gasteiger partial charge in [0.15, 0.2) is 0 Å². The van der Waals surface area contributed by atoms with Crippen molar-refractivity contribution >= 4 is 12.3 Å². The molecule has 0 spiro atoms. The van der Waals surface area contributed by atoms with E-state index in [0.717, 1.165) is 0 Å². The molecule has 0 aliphatic heterocycles. The van der Waals surface area contributed by atoms with E-state index < -0.39 is 25.4 Å². The number of rotatable bonds is 8. The van der Waals surface area contributed by atoms with Crippen molar-refractivity contribution in [2.45, 2.75) is 19.3 Å². The molecule has 0 fully saturated rings. The van der Waals surface area contributed by atoms with E-state index in [0.29, 0.717) is 6.42 Å². The number of ether oxygens (including phenoxy) is 2. The van der Waals surface area contributed by atoms with Gasteiger partial charge in [-0.05, 0) is 6.42 Å². The molecular weight excluding hydrogens is 297 g/mol. The highest BCUT2D eigenvalue weighted by atomic mass is 19.3. The zero-order valence-corrected chi connectivity index (χ0v) is 11.1. The molecule has 2 N–H and O–H groups in total. The first-order valence-electron chi connectivity index (χ1n) is 5.75. The van der Waals surface area contributed by atoms with Gasteiger partial charge in [-0.1, -0.05) is 24.3 Å². The van der Waals surface area contributed by atoms with E-state index in [2.05, 4.69) is 9.47 Å². The summed E-state index contributed by atoms with van der Waals surface area (Å²) in [5.74, 6) is 0. The minimum Gasteiger partial charge on any atom is -0.450 e.